The number of phenolic OH excluding ortho intramolecular Hbond substituents is 1. The van der Waals surface area contributed by atoms with Crippen molar-refractivity contribution in [2.75, 3.05) is 62.4 Å². The number of benzene rings is 4. The monoisotopic (exact) mass is 1020 g/mol. The molecule has 2 aliphatic rings. The molecule has 1 aliphatic heterocycles. The van der Waals surface area contributed by atoms with E-state index in [1.165, 1.54) is 36.5 Å². The van der Waals surface area contributed by atoms with Crippen LogP contribution >= 0.6 is 12.2 Å². The zero-order valence-corrected chi connectivity index (χ0v) is 40.4. The first-order valence-electron chi connectivity index (χ1n) is 23.2. The molecule has 0 radical (unpaired) electrons. The van der Waals surface area contributed by atoms with Crippen molar-refractivity contribution < 1.29 is 43.3 Å². The van der Waals surface area contributed by atoms with Crippen LogP contribution in [0.3, 0.4) is 0 Å². The molecule has 3 amide bonds. The number of rotatable bonds is 24. The predicted molar refractivity (Wildman–Crippen MR) is 277 cm³/mol. The van der Waals surface area contributed by atoms with Crippen LogP contribution in [0.15, 0.2) is 99.1 Å². The van der Waals surface area contributed by atoms with Crippen LogP contribution in [0.5, 0.6) is 5.75 Å². The molecule has 0 bridgehead atoms. The number of carboxylic acids is 1. The summed E-state index contributed by atoms with van der Waals surface area (Å²) in [6.07, 6.45) is 2.92. The number of hydrogen-bond acceptors (Lipinski definition) is 16. The maximum atomic E-state index is 12.8. The lowest BCUT2D eigenvalue weighted by molar-refractivity contribution is -0.122. The van der Waals surface area contributed by atoms with Crippen LogP contribution in [0, 0.1) is 0 Å². The Bertz CT molecular complexity index is 3220. The molecule has 0 spiro atoms. The first-order chi connectivity index (χ1) is 35.2. The Morgan fingerprint density at radius 3 is 2.34 bits per heavy atom. The summed E-state index contributed by atoms with van der Waals surface area (Å²) in [6.45, 7) is 4.30. The number of hydrogen-bond donors (Lipinski definition) is 10. The Kier molecular flexibility index (Phi) is 17.9. The summed E-state index contributed by atoms with van der Waals surface area (Å²) in [5.41, 5.74) is 8.78. The van der Waals surface area contributed by atoms with Gasteiger partial charge in [0.1, 0.15) is 17.1 Å². The van der Waals surface area contributed by atoms with Crippen LogP contribution in [0.4, 0.5) is 17.3 Å². The summed E-state index contributed by atoms with van der Waals surface area (Å²) in [6, 6.07) is 20.1. The maximum absolute atomic E-state index is 12.8. The van der Waals surface area contributed by atoms with Crippen molar-refractivity contribution in [1.82, 2.24) is 41.2 Å². The van der Waals surface area contributed by atoms with Gasteiger partial charge in [0.25, 0.3) is 11.5 Å². The fraction of sp³-hybridized carbons (Fsp3) is 0.280. The highest BCUT2D eigenvalue weighted by Gasteiger charge is 2.23. The van der Waals surface area contributed by atoms with Gasteiger partial charge < -0.3 is 61.7 Å². The van der Waals surface area contributed by atoms with Crippen LogP contribution in [0.1, 0.15) is 59.0 Å². The number of aromatic carboxylic acids is 1. The minimum absolute atomic E-state index is 0.0379. The fourth-order valence-corrected chi connectivity index (χ4v) is 7.72. The number of ether oxygens (including phenoxy) is 2. The number of nitrogens with one attached hydrogen (secondary N) is 7. The Labute approximate surface area is 421 Å². The van der Waals surface area contributed by atoms with Crippen molar-refractivity contribution in [3.05, 3.63) is 122 Å². The lowest BCUT2D eigenvalue weighted by atomic mass is 9.90. The van der Waals surface area contributed by atoms with Crippen LogP contribution in [0.25, 0.3) is 44.6 Å². The number of nitrogens with two attached hydrogens (primary N) is 1. The van der Waals surface area contributed by atoms with Crippen LogP contribution in [0.2, 0.25) is 0 Å². The van der Waals surface area contributed by atoms with E-state index in [-0.39, 0.29) is 107 Å². The van der Waals surface area contributed by atoms with Gasteiger partial charge >= 0.3 is 5.97 Å². The third-order valence-electron chi connectivity index (χ3n) is 11.1. The molecule has 2 aromatic heterocycles. The van der Waals surface area contributed by atoms with E-state index in [4.69, 9.17) is 31.8 Å². The highest BCUT2D eigenvalue weighted by atomic mass is 32.1. The molecule has 0 fully saturated rings. The second-order valence-corrected chi connectivity index (χ2v) is 17.0. The van der Waals surface area contributed by atoms with Gasteiger partial charge in [-0.25, -0.2) is 14.8 Å². The van der Waals surface area contributed by atoms with E-state index in [0.29, 0.717) is 84.8 Å². The molecule has 1 atom stereocenters. The number of carbonyl (C=O) groups is 4. The van der Waals surface area contributed by atoms with E-state index in [9.17, 15) is 39.0 Å². The first kappa shape index (κ1) is 52.3. The summed E-state index contributed by atoms with van der Waals surface area (Å²) in [4.78, 5) is 89.1. The third-order valence-corrected chi connectivity index (χ3v) is 11.4. The second kappa shape index (κ2) is 25.0. The maximum Gasteiger partial charge on any atom is 0.336 e. The average Bonchev–Trinajstić information content (AvgIpc) is 3.36. The predicted octanol–water partition coefficient (Wildman–Crippen LogP) is 4.12. The number of aromatic amines is 1. The average molecular weight is 1020 g/mol. The van der Waals surface area contributed by atoms with E-state index in [1.807, 2.05) is 6.92 Å². The van der Waals surface area contributed by atoms with E-state index < -0.39 is 11.5 Å². The van der Waals surface area contributed by atoms with Crippen LogP contribution < -0.4 is 48.6 Å². The Balaban J connectivity index is 0.698. The van der Waals surface area contributed by atoms with Gasteiger partial charge in [-0.05, 0) is 98.2 Å². The second-order valence-electron chi connectivity index (χ2n) is 16.6. The van der Waals surface area contributed by atoms with Gasteiger partial charge in [-0.3, -0.25) is 29.0 Å². The van der Waals surface area contributed by atoms with Gasteiger partial charge in [0.15, 0.2) is 21.7 Å². The highest BCUT2D eigenvalue weighted by Crippen LogP contribution is 2.42. The molecule has 3 aromatic carbocycles. The summed E-state index contributed by atoms with van der Waals surface area (Å²) in [5, 5.41) is 38.7. The lowest BCUT2D eigenvalue weighted by Crippen LogP contribution is -2.36. The molecule has 22 nitrogen and oxygen atoms in total. The number of carboxylic acid groups (broad SMARTS) is 1. The van der Waals surface area contributed by atoms with E-state index in [2.05, 4.69) is 51.8 Å². The molecule has 5 aromatic rings. The molecule has 7 rings (SSSR count). The number of phenols is 1. The van der Waals surface area contributed by atoms with E-state index in [1.54, 1.807) is 48.5 Å². The van der Waals surface area contributed by atoms with Gasteiger partial charge in [-0.15, -0.1) is 0 Å². The number of amides is 3. The minimum Gasteiger partial charge on any atom is -0.508 e. The molecular formula is C50H53N11O11S. The number of thiocarbonyl (C=S) groups is 1. The Morgan fingerprint density at radius 2 is 1.55 bits per heavy atom. The number of fused-ring (bicyclic) bond motifs is 3. The summed E-state index contributed by atoms with van der Waals surface area (Å²) < 4.78 is 17.0. The quantitative estimate of drug-likeness (QED) is 0.0231. The van der Waals surface area contributed by atoms with Crippen molar-refractivity contribution in [3.8, 4) is 28.2 Å². The molecular weight excluding hydrogens is 963 g/mol. The number of H-pyrrole nitrogens is 1. The van der Waals surface area contributed by atoms with Crippen molar-refractivity contribution in [2.45, 2.75) is 45.2 Å². The number of nitrogen functional groups attached to an aromatic ring is 1. The number of aromatic nitrogens is 4. The van der Waals surface area contributed by atoms with E-state index >= 15 is 0 Å². The zero-order valence-electron chi connectivity index (χ0n) is 39.5. The summed E-state index contributed by atoms with van der Waals surface area (Å²) >= 11 is 5.41. The van der Waals surface area contributed by atoms with Crippen molar-refractivity contribution in [2.24, 2.45) is 0 Å². The van der Waals surface area contributed by atoms with Crippen LogP contribution in [-0.4, -0.2) is 111 Å². The van der Waals surface area contributed by atoms with Crippen LogP contribution in [-0.2, 0) is 25.6 Å². The molecule has 23 heteroatoms. The largest absolute Gasteiger partial charge is 0.508 e. The van der Waals surface area contributed by atoms with Crippen molar-refractivity contribution in [1.29, 1.82) is 0 Å². The summed E-state index contributed by atoms with van der Waals surface area (Å²) in [5.74, 6) is -1.67. The van der Waals surface area contributed by atoms with Gasteiger partial charge in [0.05, 0.1) is 43.8 Å². The molecule has 11 N–H and O–H groups in total. The van der Waals surface area contributed by atoms with E-state index in [0.717, 1.165) is 5.69 Å². The number of anilines is 3. The SMILES string of the molecule is C[C@H](CCC(=O)NCCCOCCOCCC(=O)NCCNC(=S)Nc1ccc(-c2c3ccc(=O)cc-3oc3cc(O)ccc23)c(C(=O)O)c1)NC(=O)c1ccc(NCc2cnc3nc(N)[nH]c(=O)c3n2)cc1. The molecule has 380 valence electrons. The molecule has 1 aliphatic carbocycles. The third kappa shape index (κ3) is 14.8. The summed E-state index contributed by atoms with van der Waals surface area (Å²) in [7, 11) is 0. The van der Waals surface area contributed by atoms with Gasteiger partial charge in [0, 0.05) is 90.7 Å². The smallest absolute Gasteiger partial charge is 0.336 e. The number of carbonyl (C=O) groups excluding carboxylic acids is 3. The number of nitrogens with zero attached hydrogens (tertiary/aromatic N) is 3. The minimum atomic E-state index is -1.20. The lowest BCUT2D eigenvalue weighted by Gasteiger charge is -2.18. The zero-order chi connectivity index (χ0) is 51.9. The normalized spacial score (nSPS) is 11.5. The molecule has 0 saturated heterocycles. The highest BCUT2D eigenvalue weighted by molar-refractivity contribution is 7.80. The van der Waals surface area contributed by atoms with Gasteiger partial charge in [-0.2, -0.15) is 4.98 Å². The number of aromatic hydroxyl groups is 1. The van der Waals surface area contributed by atoms with Gasteiger partial charge in [-0.1, -0.05) is 6.07 Å². The van der Waals surface area contributed by atoms with Gasteiger partial charge in [0.2, 0.25) is 17.8 Å². The standard InChI is InChI=1S/C50H53N11O11S/c1-28(57-46(66)29-4-6-30(7-5-29)55-26-32-27-56-45-44(58-32)47(67)61-49(51)60-45)3-14-41(64)52-16-2-19-70-21-22-71-20-15-42(65)53-17-18-54-50(73)59-31-8-11-35(38(23-31)48(68)69)43-36-12-9-33(62)24-39(36)72-40-25-34(63)10-13-37(40)43/h4-13,23-25,27-28,55,62H,2-3,14-22,26H2,1H3,(H,52,64)(H,53,65)(H,57,66)(H,68,69)(H2,54,59,73)(H3,51,56,60,61,67)/t28-/m1/s1. The molecule has 0 unspecified atom stereocenters. The van der Waals surface area contributed by atoms with Crippen molar-refractivity contribution >= 4 is 80.5 Å². The Morgan fingerprint density at radius 1 is 0.822 bits per heavy atom. The van der Waals surface area contributed by atoms with Crippen molar-refractivity contribution in [3.63, 3.8) is 0 Å². The Hall–Kier alpha value is -8.54. The molecule has 0 saturated carbocycles. The molecule has 73 heavy (non-hydrogen) atoms. The topological polar surface area (TPSA) is 327 Å². The molecule has 3 heterocycles. The first-order valence-corrected chi connectivity index (χ1v) is 23.6. The fourth-order valence-electron chi connectivity index (χ4n) is 7.50.